The van der Waals surface area contributed by atoms with E-state index in [1.807, 2.05) is 18.2 Å². The molecule has 0 saturated heterocycles. The molecule has 0 aliphatic heterocycles. The fraction of sp³-hybridized carbons (Fsp3) is 0.417. The van der Waals surface area contributed by atoms with Gasteiger partial charge in [-0.3, -0.25) is 0 Å². The van der Waals surface area contributed by atoms with E-state index in [2.05, 4.69) is 22.8 Å². The van der Waals surface area contributed by atoms with Gasteiger partial charge in [0.25, 0.3) is 0 Å². The fourth-order valence-corrected chi connectivity index (χ4v) is 3.21. The summed E-state index contributed by atoms with van der Waals surface area (Å²) in [7, 11) is 1.60. The molecule has 0 spiro atoms. The molecule has 2 aromatic carbocycles. The largest absolute Gasteiger partial charge is 0.493 e. The smallest absolute Gasteiger partial charge is 0.339 e. The maximum Gasteiger partial charge on any atom is 0.339 e. The molecular formula is C24H32ClN3O3. The second-order valence-electron chi connectivity index (χ2n) is 7.21. The van der Waals surface area contributed by atoms with Crippen LogP contribution in [0.4, 0.5) is 10.5 Å². The summed E-state index contributed by atoms with van der Waals surface area (Å²) in [6.45, 7) is 2.90. The van der Waals surface area contributed by atoms with Crippen LogP contribution in [0.2, 0.25) is 5.02 Å². The molecule has 2 rings (SSSR count). The van der Waals surface area contributed by atoms with E-state index in [4.69, 9.17) is 21.1 Å². The molecule has 0 aliphatic carbocycles. The molecule has 168 valence electrons. The zero-order chi connectivity index (χ0) is 22.3. The van der Waals surface area contributed by atoms with E-state index >= 15 is 0 Å². The molecule has 0 unspecified atom stereocenters. The van der Waals surface area contributed by atoms with Crippen LogP contribution in [0.3, 0.4) is 0 Å². The minimum atomic E-state index is -0.458. The lowest BCUT2D eigenvalue weighted by Gasteiger charge is -2.11. The lowest BCUT2D eigenvalue weighted by Crippen LogP contribution is -2.24. The van der Waals surface area contributed by atoms with Crippen molar-refractivity contribution in [1.29, 1.82) is 0 Å². The standard InChI is InChI=1S/C24H32ClN3O3/c1-3-4-5-6-7-8-9-15-31-22-14-13-19(16-23(22)30-2)18-26-28-24(29)27-21-12-10-11-20(25)17-21/h10-14,16-18H,3-9,15H2,1-2H3,(H2,27,28,29)/b26-18-. The summed E-state index contributed by atoms with van der Waals surface area (Å²) in [6, 6.07) is 12.0. The number of amides is 2. The Bertz CT molecular complexity index is 843. The van der Waals surface area contributed by atoms with E-state index < -0.39 is 6.03 Å². The monoisotopic (exact) mass is 445 g/mol. The molecule has 2 amide bonds. The molecule has 0 aliphatic rings. The molecule has 31 heavy (non-hydrogen) atoms. The van der Waals surface area contributed by atoms with Crippen molar-refractivity contribution in [3.05, 3.63) is 53.1 Å². The highest BCUT2D eigenvalue weighted by Gasteiger charge is 2.06. The van der Waals surface area contributed by atoms with Crippen LogP contribution in [-0.4, -0.2) is 26.0 Å². The quantitative estimate of drug-likeness (QED) is 0.206. The van der Waals surface area contributed by atoms with Gasteiger partial charge in [0.15, 0.2) is 11.5 Å². The number of hydrogen-bond acceptors (Lipinski definition) is 4. The summed E-state index contributed by atoms with van der Waals surface area (Å²) >= 11 is 5.90. The Labute approximate surface area is 190 Å². The van der Waals surface area contributed by atoms with Crippen LogP contribution in [0.25, 0.3) is 0 Å². The number of carbonyl (C=O) groups is 1. The van der Waals surface area contributed by atoms with Crippen molar-refractivity contribution in [2.24, 2.45) is 5.10 Å². The lowest BCUT2D eigenvalue weighted by atomic mass is 10.1. The van der Waals surface area contributed by atoms with Crippen molar-refractivity contribution in [3.8, 4) is 11.5 Å². The number of anilines is 1. The topological polar surface area (TPSA) is 72.0 Å². The highest BCUT2D eigenvalue weighted by atomic mass is 35.5. The van der Waals surface area contributed by atoms with Crippen LogP contribution < -0.4 is 20.2 Å². The molecule has 2 N–H and O–H groups in total. The van der Waals surface area contributed by atoms with Crippen molar-refractivity contribution in [3.63, 3.8) is 0 Å². The molecule has 0 bridgehead atoms. The van der Waals surface area contributed by atoms with Gasteiger partial charge in [-0.25, -0.2) is 10.2 Å². The van der Waals surface area contributed by atoms with E-state index in [1.54, 1.807) is 37.6 Å². The second kappa shape index (κ2) is 14.3. The van der Waals surface area contributed by atoms with Gasteiger partial charge in [0.05, 0.1) is 19.9 Å². The summed E-state index contributed by atoms with van der Waals surface area (Å²) in [6.07, 6.45) is 10.2. The highest BCUT2D eigenvalue weighted by Crippen LogP contribution is 2.27. The van der Waals surface area contributed by atoms with Crippen LogP contribution in [0.5, 0.6) is 11.5 Å². The number of nitrogens with zero attached hydrogens (tertiary/aromatic N) is 1. The molecule has 0 saturated carbocycles. The number of unbranched alkanes of at least 4 members (excludes halogenated alkanes) is 6. The van der Waals surface area contributed by atoms with Gasteiger partial charge in [-0.05, 0) is 48.4 Å². The van der Waals surface area contributed by atoms with Crippen molar-refractivity contribution < 1.29 is 14.3 Å². The minimum absolute atomic E-state index is 0.458. The third-order valence-electron chi connectivity index (χ3n) is 4.66. The van der Waals surface area contributed by atoms with Gasteiger partial charge >= 0.3 is 6.03 Å². The molecule has 0 atom stereocenters. The summed E-state index contributed by atoms with van der Waals surface area (Å²) in [5, 5.41) is 7.17. The first-order valence-electron chi connectivity index (χ1n) is 10.8. The van der Waals surface area contributed by atoms with Gasteiger partial charge in [0, 0.05) is 10.7 Å². The Morgan fingerprint density at radius 1 is 1.03 bits per heavy atom. The van der Waals surface area contributed by atoms with Gasteiger partial charge in [0.2, 0.25) is 0 Å². The van der Waals surface area contributed by atoms with E-state index in [9.17, 15) is 4.79 Å². The number of hydrogen-bond donors (Lipinski definition) is 2. The maximum absolute atomic E-state index is 11.9. The number of ether oxygens (including phenoxy) is 2. The number of hydrazone groups is 1. The Balaban J connectivity index is 1.76. The lowest BCUT2D eigenvalue weighted by molar-refractivity contribution is 0.252. The van der Waals surface area contributed by atoms with Crippen molar-refractivity contribution in [2.45, 2.75) is 51.9 Å². The van der Waals surface area contributed by atoms with Crippen LogP contribution in [0.1, 0.15) is 57.4 Å². The minimum Gasteiger partial charge on any atom is -0.493 e. The third-order valence-corrected chi connectivity index (χ3v) is 4.89. The third kappa shape index (κ3) is 9.75. The predicted molar refractivity (Wildman–Crippen MR) is 128 cm³/mol. The first-order chi connectivity index (χ1) is 15.1. The SMILES string of the molecule is CCCCCCCCCOc1ccc(/C=N\NC(=O)Nc2cccc(Cl)c2)cc1OC. The summed E-state index contributed by atoms with van der Waals surface area (Å²) < 4.78 is 11.3. The van der Waals surface area contributed by atoms with Gasteiger partial charge in [-0.1, -0.05) is 63.1 Å². The summed E-state index contributed by atoms with van der Waals surface area (Å²) in [4.78, 5) is 11.9. The summed E-state index contributed by atoms with van der Waals surface area (Å²) in [5.41, 5.74) is 3.79. The molecule has 7 heteroatoms. The Morgan fingerprint density at radius 3 is 2.55 bits per heavy atom. The van der Waals surface area contributed by atoms with E-state index in [0.29, 0.717) is 28.8 Å². The first kappa shape index (κ1) is 24.5. The molecule has 2 aromatic rings. The van der Waals surface area contributed by atoms with E-state index in [-0.39, 0.29) is 0 Å². The molecule has 0 heterocycles. The number of benzene rings is 2. The zero-order valence-electron chi connectivity index (χ0n) is 18.3. The van der Waals surface area contributed by atoms with Gasteiger partial charge < -0.3 is 14.8 Å². The van der Waals surface area contributed by atoms with Crippen LogP contribution in [-0.2, 0) is 0 Å². The molecule has 0 radical (unpaired) electrons. The van der Waals surface area contributed by atoms with Crippen LogP contribution >= 0.6 is 11.6 Å². The van der Waals surface area contributed by atoms with Gasteiger partial charge in [0.1, 0.15) is 0 Å². The van der Waals surface area contributed by atoms with Crippen molar-refractivity contribution in [2.75, 3.05) is 19.0 Å². The Morgan fingerprint density at radius 2 is 1.81 bits per heavy atom. The van der Waals surface area contributed by atoms with Crippen molar-refractivity contribution in [1.82, 2.24) is 5.43 Å². The van der Waals surface area contributed by atoms with E-state index in [0.717, 1.165) is 12.0 Å². The highest BCUT2D eigenvalue weighted by molar-refractivity contribution is 6.30. The average molecular weight is 446 g/mol. The molecule has 0 fully saturated rings. The number of carbonyl (C=O) groups excluding carboxylic acids is 1. The molecule has 6 nitrogen and oxygen atoms in total. The van der Waals surface area contributed by atoms with E-state index in [1.165, 1.54) is 38.5 Å². The normalized spacial score (nSPS) is 10.8. The van der Waals surface area contributed by atoms with Crippen LogP contribution in [0.15, 0.2) is 47.6 Å². The maximum atomic E-state index is 11.9. The second-order valence-corrected chi connectivity index (χ2v) is 7.65. The average Bonchev–Trinajstić information content (AvgIpc) is 2.76. The van der Waals surface area contributed by atoms with Crippen LogP contribution in [0, 0.1) is 0 Å². The first-order valence-corrected chi connectivity index (χ1v) is 11.2. The number of halogens is 1. The molecule has 0 aromatic heterocycles. The summed E-state index contributed by atoms with van der Waals surface area (Å²) in [5.74, 6) is 1.34. The number of rotatable bonds is 13. The number of urea groups is 1. The fourth-order valence-electron chi connectivity index (χ4n) is 3.02. The zero-order valence-corrected chi connectivity index (χ0v) is 19.1. The van der Waals surface area contributed by atoms with Gasteiger partial charge in [-0.15, -0.1) is 0 Å². The Hall–Kier alpha value is -2.73. The number of nitrogens with one attached hydrogen (secondary N) is 2. The Kier molecular flexibility index (Phi) is 11.3. The number of methoxy groups -OCH3 is 1. The van der Waals surface area contributed by atoms with Gasteiger partial charge in [-0.2, -0.15) is 5.10 Å². The molecular weight excluding hydrogens is 414 g/mol. The van der Waals surface area contributed by atoms with Crippen molar-refractivity contribution >= 4 is 29.5 Å². The predicted octanol–water partition coefficient (Wildman–Crippen LogP) is 6.63.